The highest BCUT2D eigenvalue weighted by Gasteiger charge is 2.19. The zero-order chi connectivity index (χ0) is 27.3. The predicted octanol–water partition coefficient (Wildman–Crippen LogP) is 6.53. The van der Waals surface area contributed by atoms with Gasteiger partial charge in [0, 0.05) is 13.1 Å². The summed E-state index contributed by atoms with van der Waals surface area (Å²) in [7, 11) is 0. The SMILES string of the molecule is C=CCCCCCCCCCn1c(=O)c2cc3c(=O)n(CCCCCCCCCC=C)c(=O)c3cc2c1=O. The van der Waals surface area contributed by atoms with Crippen molar-refractivity contribution in [2.24, 2.45) is 0 Å². The number of aromatic nitrogens is 2. The Morgan fingerprint density at radius 1 is 0.447 bits per heavy atom. The Labute approximate surface area is 225 Å². The highest BCUT2D eigenvalue weighted by molar-refractivity contribution is 5.97. The molecule has 0 amide bonds. The highest BCUT2D eigenvalue weighted by Crippen LogP contribution is 2.16. The molecule has 0 aliphatic heterocycles. The lowest BCUT2D eigenvalue weighted by Gasteiger charge is -2.02. The first-order chi connectivity index (χ1) is 18.5. The van der Waals surface area contributed by atoms with Crippen molar-refractivity contribution in [3.05, 3.63) is 78.9 Å². The molecule has 0 saturated heterocycles. The Bertz CT molecular complexity index is 1220. The molecule has 0 aliphatic rings. The van der Waals surface area contributed by atoms with Gasteiger partial charge < -0.3 is 0 Å². The molecular formula is C32H44N2O4. The van der Waals surface area contributed by atoms with Crippen molar-refractivity contribution in [1.82, 2.24) is 9.13 Å². The molecule has 0 fully saturated rings. The van der Waals surface area contributed by atoms with Gasteiger partial charge in [-0.1, -0.05) is 76.4 Å². The smallest absolute Gasteiger partial charge is 0.261 e. The summed E-state index contributed by atoms with van der Waals surface area (Å²) in [4.78, 5) is 51.9. The molecule has 3 aromatic rings. The van der Waals surface area contributed by atoms with Crippen LogP contribution in [0.4, 0.5) is 0 Å². The van der Waals surface area contributed by atoms with Crippen LogP contribution in [0.15, 0.2) is 56.6 Å². The standard InChI is InChI=1S/C32H44N2O4/c1-3-5-7-9-11-13-15-17-19-21-33-29(35)25-23-27-28(24-26(25)30(33)36)32(38)34(31(27)37)22-20-18-16-14-12-10-8-6-4-2/h3-4,23-24H,1-2,5-22H2. The summed E-state index contributed by atoms with van der Waals surface area (Å²) in [5.74, 6) is 0. The van der Waals surface area contributed by atoms with Gasteiger partial charge in [0.25, 0.3) is 22.2 Å². The normalized spacial score (nSPS) is 11.6. The molecule has 2 aromatic heterocycles. The van der Waals surface area contributed by atoms with E-state index in [1.165, 1.54) is 59.8 Å². The van der Waals surface area contributed by atoms with Crippen molar-refractivity contribution >= 4 is 21.5 Å². The van der Waals surface area contributed by atoms with Crippen molar-refractivity contribution in [3.8, 4) is 0 Å². The molecule has 206 valence electrons. The van der Waals surface area contributed by atoms with Crippen molar-refractivity contribution in [2.45, 2.75) is 116 Å². The van der Waals surface area contributed by atoms with Crippen molar-refractivity contribution in [2.75, 3.05) is 0 Å². The summed E-state index contributed by atoms with van der Waals surface area (Å²) >= 11 is 0. The number of hydrogen-bond donors (Lipinski definition) is 0. The first-order valence-corrected chi connectivity index (χ1v) is 14.6. The molecule has 2 heterocycles. The largest absolute Gasteiger partial charge is 0.274 e. The lowest BCUT2D eigenvalue weighted by atomic mass is 10.1. The summed E-state index contributed by atoms with van der Waals surface area (Å²) in [6.45, 7) is 8.23. The zero-order valence-corrected chi connectivity index (χ0v) is 23.0. The predicted molar refractivity (Wildman–Crippen MR) is 159 cm³/mol. The van der Waals surface area contributed by atoms with Gasteiger partial charge in [0.15, 0.2) is 0 Å². The number of fused-ring (bicyclic) bond motifs is 2. The first-order valence-electron chi connectivity index (χ1n) is 14.6. The molecule has 0 radical (unpaired) electrons. The van der Waals surface area contributed by atoms with E-state index < -0.39 is 0 Å². The fraction of sp³-hybridized carbons (Fsp3) is 0.562. The molecule has 1 aromatic carbocycles. The van der Waals surface area contributed by atoms with Gasteiger partial charge in [-0.25, -0.2) is 0 Å². The maximum Gasteiger partial charge on any atom is 0.261 e. The maximum absolute atomic E-state index is 13.0. The molecule has 0 saturated carbocycles. The number of nitrogens with zero attached hydrogens (tertiary/aromatic N) is 2. The van der Waals surface area contributed by atoms with E-state index in [4.69, 9.17) is 0 Å². The van der Waals surface area contributed by atoms with Crippen LogP contribution in [0.5, 0.6) is 0 Å². The van der Waals surface area contributed by atoms with Crippen LogP contribution < -0.4 is 22.2 Å². The second kappa shape index (κ2) is 15.4. The van der Waals surface area contributed by atoms with Crippen molar-refractivity contribution in [3.63, 3.8) is 0 Å². The van der Waals surface area contributed by atoms with Crippen LogP contribution in [0.2, 0.25) is 0 Å². The lowest BCUT2D eigenvalue weighted by Crippen LogP contribution is -2.26. The van der Waals surface area contributed by atoms with E-state index in [-0.39, 0.29) is 43.8 Å². The first kappa shape index (κ1) is 29.5. The van der Waals surface area contributed by atoms with Crippen molar-refractivity contribution in [1.29, 1.82) is 0 Å². The third-order valence-electron chi connectivity index (χ3n) is 7.64. The van der Waals surface area contributed by atoms with Gasteiger partial charge in [-0.3, -0.25) is 28.3 Å². The molecule has 6 nitrogen and oxygen atoms in total. The Hall–Kier alpha value is -3.02. The topological polar surface area (TPSA) is 78.1 Å². The summed E-state index contributed by atoms with van der Waals surface area (Å²) in [5.41, 5.74) is -1.43. The molecule has 0 unspecified atom stereocenters. The second-order valence-electron chi connectivity index (χ2n) is 10.6. The van der Waals surface area contributed by atoms with Gasteiger partial charge >= 0.3 is 0 Å². The number of hydrogen-bond acceptors (Lipinski definition) is 4. The fourth-order valence-corrected chi connectivity index (χ4v) is 5.36. The summed E-state index contributed by atoms with van der Waals surface area (Å²) in [6.07, 6.45) is 21.1. The van der Waals surface area contributed by atoms with Crippen LogP contribution in [0.3, 0.4) is 0 Å². The Kier molecular flexibility index (Phi) is 12.0. The number of rotatable bonds is 20. The van der Waals surface area contributed by atoms with E-state index in [1.54, 1.807) is 0 Å². The van der Waals surface area contributed by atoms with E-state index in [0.29, 0.717) is 13.1 Å². The third-order valence-corrected chi connectivity index (χ3v) is 7.64. The minimum absolute atomic E-state index is 0.246. The Morgan fingerprint density at radius 2 is 0.711 bits per heavy atom. The average molecular weight is 521 g/mol. The number of unbranched alkanes of at least 4 members (excludes halogenated alkanes) is 14. The summed E-state index contributed by atoms with van der Waals surface area (Å²) in [6, 6.07) is 2.94. The molecule has 6 heteroatoms. The third kappa shape index (κ3) is 7.52. The van der Waals surface area contributed by atoms with Crippen LogP contribution in [-0.2, 0) is 13.1 Å². The molecule has 3 rings (SSSR count). The van der Waals surface area contributed by atoms with Crippen LogP contribution >= 0.6 is 0 Å². The minimum Gasteiger partial charge on any atom is -0.274 e. The molecule has 0 atom stereocenters. The van der Waals surface area contributed by atoms with Gasteiger partial charge in [0.05, 0.1) is 21.5 Å². The lowest BCUT2D eigenvalue weighted by molar-refractivity contribution is 0.538. The molecular weight excluding hydrogens is 476 g/mol. The molecule has 0 aliphatic carbocycles. The average Bonchev–Trinajstić information content (AvgIpc) is 3.29. The van der Waals surface area contributed by atoms with Crippen LogP contribution in [0.1, 0.15) is 103 Å². The highest BCUT2D eigenvalue weighted by atomic mass is 16.2. The number of benzene rings is 1. The molecule has 38 heavy (non-hydrogen) atoms. The Balaban J connectivity index is 1.58. The summed E-state index contributed by atoms with van der Waals surface area (Å²) < 4.78 is 2.54. The maximum atomic E-state index is 13.0. The van der Waals surface area contributed by atoms with Gasteiger partial charge in [-0.15, -0.1) is 13.2 Å². The Morgan fingerprint density at radius 3 is 1.00 bits per heavy atom. The van der Waals surface area contributed by atoms with Gasteiger partial charge in [0.1, 0.15) is 0 Å². The van der Waals surface area contributed by atoms with Gasteiger partial charge in [-0.05, 0) is 50.7 Å². The number of allylic oxidation sites excluding steroid dienone is 2. The van der Waals surface area contributed by atoms with Crippen LogP contribution in [0, 0.1) is 0 Å². The van der Waals surface area contributed by atoms with E-state index in [2.05, 4.69) is 13.2 Å². The second-order valence-corrected chi connectivity index (χ2v) is 10.6. The summed E-state index contributed by atoms with van der Waals surface area (Å²) in [5, 5.41) is 0.983. The zero-order valence-electron chi connectivity index (χ0n) is 23.0. The molecule has 0 N–H and O–H groups in total. The quantitative estimate of drug-likeness (QED) is 0.125. The molecule has 0 spiro atoms. The van der Waals surface area contributed by atoms with Crippen molar-refractivity contribution < 1.29 is 0 Å². The minimum atomic E-state index is -0.357. The molecule has 0 bridgehead atoms. The van der Waals surface area contributed by atoms with Crippen LogP contribution in [0.25, 0.3) is 21.5 Å². The fourth-order valence-electron chi connectivity index (χ4n) is 5.36. The van der Waals surface area contributed by atoms with Crippen LogP contribution in [-0.4, -0.2) is 9.13 Å². The monoisotopic (exact) mass is 520 g/mol. The van der Waals surface area contributed by atoms with E-state index in [9.17, 15) is 19.2 Å². The van der Waals surface area contributed by atoms with Gasteiger partial charge in [0.2, 0.25) is 0 Å². The van der Waals surface area contributed by atoms with E-state index in [1.807, 2.05) is 12.2 Å². The van der Waals surface area contributed by atoms with Gasteiger partial charge in [-0.2, -0.15) is 0 Å². The van der Waals surface area contributed by atoms with E-state index >= 15 is 0 Å². The van der Waals surface area contributed by atoms with E-state index in [0.717, 1.165) is 64.2 Å².